The van der Waals surface area contributed by atoms with E-state index in [1.54, 1.807) is 12.1 Å². The van der Waals surface area contributed by atoms with Gasteiger partial charge in [0.15, 0.2) is 0 Å². The molecule has 140 valence electrons. The van der Waals surface area contributed by atoms with Crippen molar-refractivity contribution in [1.82, 2.24) is 14.8 Å². The van der Waals surface area contributed by atoms with E-state index >= 15 is 0 Å². The number of nitrogens with zero attached hydrogens (tertiary/aromatic N) is 3. The van der Waals surface area contributed by atoms with E-state index in [4.69, 9.17) is 0 Å². The highest BCUT2D eigenvalue weighted by Gasteiger charge is 2.16. The molecule has 0 saturated heterocycles. The standard InChI is InChI=1S/C17H16FN5O3S/c1-12(24)20-15-5-7-16(8-6-15)27(25,26)22-17-19-11-23(21-17)10-13-3-2-4-14(18)9-13/h2-9,11H,10H2,1H3,(H,20,24)(H,21,22). The Morgan fingerprint density at radius 2 is 1.93 bits per heavy atom. The number of benzene rings is 2. The van der Waals surface area contributed by atoms with E-state index in [2.05, 4.69) is 20.1 Å². The van der Waals surface area contributed by atoms with Crippen molar-refractivity contribution in [1.29, 1.82) is 0 Å². The fraction of sp³-hybridized carbons (Fsp3) is 0.118. The minimum atomic E-state index is -3.89. The molecule has 1 aromatic heterocycles. The molecule has 2 N–H and O–H groups in total. The van der Waals surface area contributed by atoms with E-state index in [0.29, 0.717) is 11.3 Å². The second-order valence-corrected chi connectivity index (χ2v) is 7.39. The maximum Gasteiger partial charge on any atom is 0.264 e. The Morgan fingerprint density at radius 3 is 2.59 bits per heavy atom. The van der Waals surface area contributed by atoms with E-state index < -0.39 is 10.0 Å². The molecule has 1 heterocycles. The molecule has 0 fully saturated rings. The number of carbonyl (C=O) groups is 1. The number of carbonyl (C=O) groups excluding carboxylic acids is 1. The molecule has 0 aliphatic carbocycles. The van der Waals surface area contributed by atoms with Crippen molar-refractivity contribution in [2.24, 2.45) is 0 Å². The summed E-state index contributed by atoms with van der Waals surface area (Å²) in [6.07, 6.45) is 1.35. The van der Waals surface area contributed by atoms with Crippen LogP contribution in [0.3, 0.4) is 0 Å². The van der Waals surface area contributed by atoms with Gasteiger partial charge in [-0.2, -0.15) is 4.98 Å². The molecule has 10 heteroatoms. The van der Waals surface area contributed by atoms with Crippen LogP contribution in [0, 0.1) is 5.82 Å². The van der Waals surface area contributed by atoms with Gasteiger partial charge in [-0.25, -0.2) is 22.2 Å². The number of halogens is 1. The number of amides is 1. The van der Waals surface area contributed by atoms with Gasteiger partial charge in [0.2, 0.25) is 5.91 Å². The van der Waals surface area contributed by atoms with Crippen LogP contribution in [0.1, 0.15) is 12.5 Å². The Morgan fingerprint density at radius 1 is 1.19 bits per heavy atom. The summed E-state index contributed by atoms with van der Waals surface area (Å²) in [4.78, 5) is 14.9. The number of rotatable bonds is 6. The van der Waals surface area contributed by atoms with Crippen LogP contribution in [-0.2, 0) is 21.4 Å². The molecule has 3 aromatic rings. The van der Waals surface area contributed by atoms with Crippen LogP contribution in [0.5, 0.6) is 0 Å². The largest absolute Gasteiger partial charge is 0.326 e. The zero-order chi connectivity index (χ0) is 19.4. The average molecular weight is 389 g/mol. The first kappa shape index (κ1) is 18.5. The number of sulfonamides is 1. The summed E-state index contributed by atoms with van der Waals surface area (Å²) in [7, 11) is -3.89. The van der Waals surface area contributed by atoms with E-state index in [9.17, 15) is 17.6 Å². The summed E-state index contributed by atoms with van der Waals surface area (Å²) in [5.41, 5.74) is 1.15. The Labute approximate surface area is 155 Å². The van der Waals surface area contributed by atoms with Crippen molar-refractivity contribution < 1.29 is 17.6 Å². The summed E-state index contributed by atoms with van der Waals surface area (Å²) in [6, 6.07) is 11.7. The van der Waals surface area contributed by atoms with Gasteiger partial charge in [-0.15, -0.1) is 5.10 Å². The topological polar surface area (TPSA) is 106 Å². The molecular weight excluding hydrogens is 373 g/mol. The average Bonchev–Trinajstić information content (AvgIpc) is 3.01. The number of anilines is 2. The molecular formula is C17H16FN5O3S. The zero-order valence-electron chi connectivity index (χ0n) is 14.3. The normalized spacial score (nSPS) is 11.2. The monoisotopic (exact) mass is 389 g/mol. The molecule has 0 saturated carbocycles. The summed E-state index contributed by atoms with van der Waals surface area (Å²) in [6.45, 7) is 1.61. The maximum absolute atomic E-state index is 13.2. The number of hydrogen-bond donors (Lipinski definition) is 2. The zero-order valence-corrected chi connectivity index (χ0v) is 15.1. The SMILES string of the molecule is CC(=O)Nc1ccc(S(=O)(=O)Nc2ncn(Cc3cccc(F)c3)n2)cc1. The van der Waals surface area contributed by atoms with E-state index in [-0.39, 0.29) is 29.1 Å². The van der Waals surface area contributed by atoms with Crippen molar-refractivity contribution in [2.45, 2.75) is 18.4 Å². The van der Waals surface area contributed by atoms with Crippen LogP contribution in [0.4, 0.5) is 16.0 Å². The van der Waals surface area contributed by atoms with Gasteiger partial charge in [0.25, 0.3) is 16.0 Å². The van der Waals surface area contributed by atoms with E-state index in [1.165, 1.54) is 54.3 Å². The molecule has 0 aliphatic rings. The van der Waals surface area contributed by atoms with Crippen molar-refractivity contribution in [3.8, 4) is 0 Å². The first-order valence-electron chi connectivity index (χ1n) is 7.86. The minimum Gasteiger partial charge on any atom is -0.326 e. The Balaban J connectivity index is 1.71. The third-order valence-corrected chi connectivity index (χ3v) is 4.82. The maximum atomic E-state index is 13.2. The molecule has 0 atom stereocenters. The predicted molar refractivity (Wildman–Crippen MR) is 97.1 cm³/mol. The minimum absolute atomic E-state index is 0.00178. The summed E-state index contributed by atoms with van der Waals surface area (Å²) < 4.78 is 41.7. The lowest BCUT2D eigenvalue weighted by Gasteiger charge is -2.06. The van der Waals surface area contributed by atoms with Crippen LogP contribution in [0.25, 0.3) is 0 Å². The Hall–Kier alpha value is -3.27. The van der Waals surface area contributed by atoms with Gasteiger partial charge in [-0.05, 0) is 42.0 Å². The Bertz CT molecular complexity index is 1060. The quantitative estimate of drug-likeness (QED) is 0.672. The fourth-order valence-electron chi connectivity index (χ4n) is 2.34. The number of nitrogens with one attached hydrogen (secondary N) is 2. The Kier molecular flexibility index (Phi) is 5.17. The van der Waals surface area contributed by atoms with Crippen LogP contribution in [0.15, 0.2) is 59.8 Å². The van der Waals surface area contributed by atoms with Crippen LogP contribution in [0.2, 0.25) is 0 Å². The molecule has 3 rings (SSSR count). The van der Waals surface area contributed by atoms with Crippen molar-refractivity contribution in [2.75, 3.05) is 10.0 Å². The van der Waals surface area contributed by atoms with Crippen LogP contribution >= 0.6 is 0 Å². The third-order valence-electron chi connectivity index (χ3n) is 3.48. The highest BCUT2D eigenvalue weighted by molar-refractivity contribution is 7.92. The molecule has 0 aliphatic heterocycles. The molecule has 0 bridgehead atoms. The highest BCUT2D eigenvalue weighted by Crippen LogP contribution is 2.16. The lowest BCUT2D eigenvalue weighted by Crippen LogP contribution is -2.14. The highest BCUT2D eigenvalue weighted by atomic mass is 32.2. The lowest BCUT2D eigenvalue weighted by molar-refractivity contribution is -0.114. The smallest absolute Gasteiger partial charge is 0.264 e. The van der Waals surface area contributed by atoms with Crippen molar-refractivity contribution in [3.63, 3.8) is 0 Å². The number of aromatic nitrogens is 3. The van der Waals surface area contributed by atoms with Crippen molar-refractivity contribution >= 4 is 27.6 Å². The molecule has 0 unspecified atom stereocenters. The molecule has 0 radical (unpaired) electrons. The first-order chi connectivity index (χ1) is 12.8. The fourth-order valence-corrected chi connectivity index (χ4v) is 3.29. The van der Waals surface area contributed by atoms with E-state index in [1.807, 2.05) is 0 Å². The first-order valence-corrected chi connectivity index (χ1v) is 9.34. The lowest BCUT2D eigenvalue weighted by atomic mass is 10.2. The number of hydrogen-bond acceptors (Lipinski definition) is 5. The van der Waals surface area contributed by atoms with Gasteiger partial charge < -0.3 is 5.32 Å². The van der Waals surface area contributed by atoms with Gasteiger partial charge in [0.05, 0.1) is 11.4 Å². The second-order valence-electron chi connectivity index (χ2n) is 5.71. The van der Waals surface area contributed by atoms with Gasteiger partial charge in [-0.1, -0.05) is 12.1 Å². The van der Waals surface area contributed by atoms with Crippen LogP contribution in [-0.4, -0.2) is 29.1 Å². The van der Waals surface area contributed by atoms with Gasteiger partial charge in [-0.3, -0.25) is 4.79 Å². The van der Waals surface area contributed by atoms with Crippen LogP contribution < -0.4 is 10.0 Å². The van der Waals surface area contributed by atoms with E-state index in [0.717, 1.165) is 0 Å². The summed E-state index contributed by atoms with van der Waals surface area (Å²) in [5.74, 6) is -0.717. The summed E-state index contributed by atoms with van der Waals surface area (Å²) >= 11 is 0. The third kappa shape index (κ3) is 4.88. The van der Waals surface area contributed by atoms with Gasteiger partial charge in [0.1, 0.15) is 12.1 Å². The molecule has 1 amide bonds. The second kappa shape index (κ2) is 7.54. The van der Waals surface area contributed by atoms with Crippen molar-refractivity contribution in [3.05, 3.63) is 66.2 Å². The molecule has 2 aromatic carbocycles. The molecule has 8 nitrogen and oxygen atoms in total. The molecule has 27 heavy (non-hydrogen) atoms. The van der Waals surface area contributed by atoms with Gasteiger partial charge in [0, 0.05) is 12.6 Å². The summed E-state index contributed by atoms with van der Waals surface area (Å²) in [5, 5.41) is 6.59. The predicted octanol–water partition coefficient (Wildman–Crippen LogP) is 2.22. The molecule has 0 spiro atoms. The van der Waals surface area contributed by atoms with Gasteiger partial charge >= 0.3 is 0 Å².